The first-order valence-electron chi connectivity index (χ1n) is 6.68. The lowest BCUT2D eigenvalue weighted by molar-refractivity contribution is -0.137. The quantitative estimate of drug-likeness (QED) is 0.909. The monoisotopic (exact) mass is 288 g/mol. The van der Waals surface area contributed by atoms with Gasteiger partial charge >= 0.3 is 6.18 Å². The number of ether oxygens (including phenoxy) is 1. The van der Waals surface area contributed by atoms with Gasteiger partial charge in [0.2, 0.25) is 0 Å². The maximum Gasteiger partial charge on any atom is 0.418 e. The first-order chi connectivity index (χ1) is 9.41. The van der Waals surface area contributed by atoms with Crippen LogP contribution in [0.2, 0.25) is 0 Å². The number of anilines is 1. The number of benzene rings is 1. The molecule has 0 bridgehead atoms. The predicted octanol–water partition coefficient (Wildman–Crippen LogP) is 2.78. The van der Waals surface area contributed by atoms with Gasteiger partial charge in [-0.05, 0) is 31.0 Å². The average Bonchev–Trinajstić information content (AvgIpc) is 2.61. The molecule has 6 heteroatoms. The number of rotatable bonds is 2. The summed E-state index contributed by atoms with van der Waals surface area (Å²) in [6, 6.07) is 4.32. The van der Waals surface area contributed by atoms with Crippen LogP contribution in [-0.4, -0.2) is 25.8 Å². The van der Waals surface area contributed by atoms with E-state index in [1.807, 2.05) is 6.92 Å². The van der Waals surface area contributed by atoms with Crippen LogP contribution in [-0.2, 0) is 17.5 Å². The Balaban J connectivity index is 2.39. The van der Waals surface area contributed by atoms with Crippen molar-refractivity contribution in [1.29, 1.82) is 0 Å². The minimum absolute atomic E-state index is 0.0761. The van der Waals surface area contributed by atoms with E-state index in [9.17, 15) is 13.2 Å². The number of hydrogen-bond donors (Lipinski definition) is 1. The third-order valence-corrected chi connectivity index (χ3v) is 3.39. The van der Waals surface area contributed by atoms with Crippen LogP contribution in [0.15, 0.2) is 18.2 Å². The molecule has 0 saturated carbocycles. The Hall–Kier alpha value is -1.27. The van der Waals surface area contributed by atoms with Gasteiger partial charge in [-0.25, -0.2) is 0 Å². The zero-order valence-electron chi connectivity index (χ0n) is 11.4. The molecule has 2 rings (SSSR count). The first kappa shape index (κ1) is 15.1. The van der Waals surface area contributed by atoms with Crippen LogP contribution in [0.5, 0.6) is 0 Å². The van der Waals surface area contributed by atoms with Gasteiger partial charge in [0.15, 0.2) is 0 Å². The van der Waals surface area contributed by atoms with Crippen LogP contribution >= 0.6 is 0 Å². The number of alkyl halides is 3. The molecule has 0 spiro atoms. The van der Waals surface area contributed by atoms with Crippen LogP contribution in [0.4, 0.5) is 18.9 Å². The molecule has 112 valence electrons. The summed E-state index contributed by atoms with van der Waals surface area (Å²) >= 11 is 0. The average molecular weight is 288 g/mol. The van der Waals surface area contributed by atoms with Crippen molar-refractivity contribution < 1.29 is 17.9 Å². The summed E-state index contributed by atoms with van der Waals surface area (Å²) < 4.78 is 45.1. The van der Waals surface area contributed by atoms with E-state index >= 15 is 0 Å². The molecular formula is C14H19F3N2O. The van der Waals surface area contributed by atoms with E-state index in [2.05, 4.69) is 0 Å². The van der Waals surface area contributed by atoms with Crippen LogP contribution in [0.25, 0.3) is 0 Å². The fraction of sp³-hybridized carbons (Fsp3) is 0.571. The molecule has 1 atom stereocenters. The lowest BCUT2D eigenvalue weighted by Crippen LogP contribution is -2.32. The van der Waals surface area contributed by atoms with Crippen molar-refractivity contribution in [2.24, 2.45) is 5.73 Å². The smallest absolute Gasteiger partial charge is 0.377 e. The molecule has 1 unspecified atom stereocenters. The molecule has 1 aliphatic rings. The highest BCUT2D eigenvalue weighted by Crippen LogP contribution is 2.37. The molecule has 1 aromatic rings. The van der Waals surface area contributed by atoms with Crippen molar-refractivity contribution in [3.8, 4) is 0 Å². The highest BCUT2D eigenvalue weighted by Gasteiger charge is 2.35. The molecule has 20 heavy (non-hydrogen) atoms. The van der Waals surface area contributed by atoms with Gasteiger partial charge in [-0.2, -0.15) is 13.2 Å². The second-order valence-electron chi connectivity index (χ2n) is 5.03. The summed E-state index contributed by atoms with van der Waals surface area (Å²) in [6.07, 6.45) is -3.73. The van der Waals surface area contributed by atoms with Crippen molar-refractivity contribution in [2.45, 2.75) is 32.2 Å². The van der Waals surface area contributed by atoms with E-state index < -0.39 is 11.7 Å². The van der Waals surface area contributed by atoms with Gasteiger partial charge < -0.3 is 15.4 Å². The Labute approximate surface area is 116 Å². The van der Waals surface area contributed by atoms with E-state index in [1.165, 1.54) is 6.07 Å². The number of halogens is 3. The van der Waals surface area contributed by atoms with Crippen molar-refractivity contribution in [3.05, 3.63) is 29.3 Å². The highest BCUT2D eigenvalue weighted by molar-refractivity contribution is 5.56. The maximum absolute atomic E-state index is 13.2. The van der Waals surface area contributed by atoms with E-state index in [0.717, 1.165) is 12.5 Å². The Morgan fingerprint density at radius 1 is 1.40 bits per heavy atom. The fourth-order valence-corrected chi connectivity index (χ4v) is 2.43. The largest absolute Gasteiger partial charge is 0.418 e. The highest BCUT2D eigenvalue weighted by atomic mass is 19.4. The molecule has 1 aliphatic heterocycles. The number of nitrogens with two attached hydrogens (primary N) is 1. The minimum atomic E-state index is -4.38. The third kappa shape index (κ3) is 3.43. The molecule has 3 nitrogen and oxygen atoms in total. The molecule has 2 N–H and O–H groups in total. The van der Waals surface area contributed by atoms with Gasteiger partial charge in [0, 0.05) is 31.9 Å². The van der Waals surface area contributed by atoms with Gasteiger partial charge in [0.05, 0.1) is 11.7 Å². The van der Waals surface area contributed by atoms with Gasteiger partial charge in [0.25, 0.3) is 0 Å². The van der Waals surface area contributed by atoms with Gasteiger partial charge in [0.1, 0.15) is 0 Å². The summed E-state index contributed by atoms with van der Waals surface area (Å²) in [4.78, 5) is 1.75. The van der Waals surface area contributed by atoms with E-state index in [0.29, 0.717) is 25.3 Å². The lowest BCUT2D eigenvalue weighted by atomic mass is 10.1. The topological polar surface area (TPSA) is 38.5 Å². The van der Waals surface area contributed by atoms with Gasteiger partial charge in [-0.1, -0.05) is 6.07 Å². The Morgan fingerprint density at radius 2 is 2.15 bits per heavy atom. The molecule has 1 aromatic carbocycles. The van der Waals surface area contributed by atoms with Crippen LogP contribution in [0.3, 0.4) is 0 Å². The predicted molar refractivity (Wildman–Crippen MR) is 71.6 cm³/mol. The summed E-state index contributed by atoms with van der Waals surface area (Å²) in [7, 11) is 0. The third-order valence-electron chi connectivity index (χ3n) is 3.39. The SMILES string of the molecule is CC1CN(c2ccc(CN)cc2C(F)(F)F)CCCO1. The van der Waals surface area contributed by atoms with Crippen LogP contribution in [0, 0.1) is 0 Å². The molecule has 0 radical (unpaired) electrons. The minimum Gasteiger partial charge on any atom is -0.377 e. The molecule has 0 amide bonds. The summed E-state index contributed by atoms with van der Waals surface area (Å²) in [5.74, 6) is 0. The number of nitrogens with zero attached hydrogens (tertiary/aromatic N) is 1. The normalized spacial score (nSPS) is 20.9. The zero-order valence-corrected chi connectivity index (χ0v) is 11.4. The lowest BCUT2D eigenvalue weighted by Gasteiger charge is -2.27. The molecule has 1 heterocycles. The van der Waals surface area contributed by atoms with Crippen molar-refractivity contribution in [1.82, 2.24) is 0 Å². The molecule has 1 saturated heterocycles. The van der Waals surface area contributed by atoms with Gasteiger partial charge in [-0.15, -0.1) is 0 Å². The fourth-order valence-electron chi connectivity index (χ4n) is 2.43. The second kappa shape index (κ2) is 6.01. The summed E-state index contributed by atoms with van der Waals surface area (Å²) in [5.41, 5.74) is 5.52. The maximum atomic E-state index is 13.2. The summed E-state index contributed by atoms with van der Waals surface area (Å²) in [6.45, 7) is 3.59. The molecule has 1 fully saturated rings. The van der Waals surface area contributed by atoms with E-state index in [-0.39, 0.29) is 18.3 Å². The van der Waals surface area contributed by atoms with Crippen molar-refractivity contribution in [3.63, 3.8) is 0 Å². The van der Waals surface area contributed by atoms with Gasteiger partial charge in [-0.3, -0.25) is 0 Å². The Kier molecular flexibility index (Phi) is 4.55. The van der Waals surface area contributed by atoms with E-state index in [1.54, 1.807) is 11.0 Å². The zero-order chi connectivity index (χ0) is 14.8. The number of hydrogen-bond acceptors (Lipinski definition) is 3. The van der Waals surface area contributed by atoms with Crippen LogP contribution in [0.1, 0.15) is 24.5 Å². The Morgan fingerprint density at radius 3 is 2.80 bits per heavy atom. The van der Waals surface area contributed by atoms with Crippen molar-refractivity contribution in [2.75, 3.05) is 24.6 Å². The molecule has 0 aromatic heterocycles. The Bertz CT molecular complexity index is 462. The standard InChI is InChI=1S/C14H19F3N2O/c1-10-9-19(5-2-6-20-10)13-4-3-11(8-18)7-12(13)14(15,16)17/h3-4,7,10H,2,5-6,8-9,18H2,1H3. The van der Waals surface area contributed by atoms with E-state index in [4.69, 9.17) is 10.5 Å². The van der Waals surface area contributed by atoms with Crippen LogP contribution < -0.4 is 10.6 Å². The second-order valence-corrected chi connectivity index (χ2v) is 5.03. The first-order valence-corrected chi connectivity index (χ1v) is 6.68. The molecular weight excluding hydrogens is 269 g/mol. The summed E-state index contributed by atoms with van der Waals surface area (Å²) in [5, 5.41) is 0. The van der Waals surface area contributed by atoms with Crippen molar-refractivity contribution >= 4 is 5.69 Å². The molecule has 0 aliphatic carbocycles.